The molecule has 1 N–H and O–H groups in total. The third-order valence-electron chi connectivity index (χ3n) is 5.89. The van der Waals surface area contributed by atoms with Crippen LogP contribution in [0.4, 0.5) is 4.39 Å². The normalized spacial score (nSPS) is 14.8. The summed E-state index contributed by atoms with van der Waals surface area (Å²) in [6.07, 6.45) is 1.97. The number of rotatable bonds is 8. The molecule has 0 unspecified atom stereocenters. The zero-order valence-electron chi connectivity index (χ0n) is 18.5. The number of likely N-dealkylation sites (tertiary alicyclic amines) is 1. The van der Waals surface area contributed by atoms with Crippen molar-refractivity contribution in [1.82, 2.24) is 20.0 Å². The molecule has 1 aliphatic rings. The number of halogens is 1. The number of methoxy groups -OCH3 is 1. The van der Waals surface area contributed by atoms with E-state index in [9.17, 15) is 9.18 Å². The first kappa shape index (κ1) is 23.1. The molecule has 174 valence electrons. The standard InChI is InChI=1S/C24H27FN4O3S/c1-31-21-9-5-3-7-19(21)23-27-29(24(33)32-23)16-28-14-11-18(12-15-28)22(30)26-13-10-17-6-2-4-8-20(17)25/h2-9,18H,10-16H2,1H3,(H,26,30). The van der Waals surface area contributed by atoms with E-state index in [0.29, 0.717) is 41.7 Å². The minimum absolute atomic E-state index is 0.0301. The molecule has 9 heteroatoms. The molecule has 4 rings (SSSR count). The molecule has 2 heterocycles. The number of hydrogen-bond acceptors (Lipinski definition) is 6. The fourth-order valence-corrected chi connectivity index (χ4v) is 4.20. The summed E-state index contributed by atoms with van der Waals surface area (Å²) in [5.41, 5.74) is 1.36. The van der Waals surface area contributed by atoms with Crippen molar-refractivity contribution in [2.24, 2.45) is 5.92 Å². The van der Waals surface area contributed by atoms with Gasteiger partial charge in [-0.15, -0.1) is 5.10 Å². The molecule has 0 saturated carbocycles. The number of piperidine rings is 1. The van der Waals surface area contributed by atoms with Crippen LogP contribution in [0.25, 0.3) is 11.5 Å². The Morgan fingerprint density at radius 1 is 1.21 bits per heavy atom. The predicted octanol–water partition coefficient (Wildman–Crippen LogP) is 4.05. The van der Waals surface area contributed by atoms with Crippen molar-refractivity contribution >= 4 is 18.1 Å². The molecule has 1 fully saturated rings. The second-order valence-electron chi connectivity index (χ2n) is 8.04. The van der Waals surface area contributed by atoms with Crippen LogP contribution in [-0.2, 0) is 17.9 Å². The Morgan fingerprint density at radius 3 is 2.70 bits per heavy atom. The van der Waals surface area contributed by atoms with Gasteiger partial charge < -0.3 is 14.5 Å². The van der Waals surface area contributed by atoms with E-state index < -0.39 is 0 Å². The first-order valence-corrected chi connectivity index (χ1v) is 11.4. The smallest absolute Gasteiger partial charge is 0.288 e. The maximum Gasteiger partial charge on any atom is 0.288 e. The molecule has 33 heavy (non-hydrogen) atoms. The van der Waals surface area contributed by atoms with E-state index in [1.807, 2.05) is 24.3 Å². The summed E-state index contributed by atoms with van der Waals surface area (Å²) < 4.78 is 26.5. The second-order valence-corrected chi connectivity index (χ2v) is 8.39. The summed E-state index contributed by atoms with van der Waals surface area (Å²) in [7, 11) is 1.60. The van der Waals surface area contributed by atoms with Crippen LogP contribution in [0.2, 0.25) is 0 Å². The van der Waals surface area contributed by atoms with Gasteiger partial charge in [0.15, 0.2) is 0 Å². The van der Waals surface area contributed by atoms with E-state index in [1.54, 1.807) is 30.0 Å². The van der Waals surface area contributed by atoms with Crippen LogP contribution in [0, 0.1) is 16.6 Å². The average Bonchev–Trinajstić information content (AvgIpc) is 3.20. The lowest BCUT2D eigenvalue weighted by Gasteiger charge is -2.30. The fourth-order valence-electron chi connectivity index (χ4n) is 4.02. The van der Waals surface area contributed by atoms with Gasteiger partial charge in [-0.05, 0) is 55.2 Å². The van der Waals surface area contributed by atoms with Gasteiger partial charge in [0.25, 0.3) is 10.7 Å². The summed E-state index contributed by atoms with van der Waals surface area (Å²) in [6.45, 7) is 2.44. The van der Waals surface area contributed by atoms with E-state index in [0.717, 1.165) is 31.5 Å². The molecule has 0 spiro atoms. The largest absolute Gasteiger partial charge is 0.496 e. The Hall–Kier alpha value is -3.04. The van der Waals surface area contributed by atoms with Crippen molar-refractivity contribution in [3.63, 3.8) is 0 Å². The number of hydrogen-bond donors (Lipinski definition) is 1. The van der Waals surface area contributed by atoms with E-state index >= 15 is 0 Å². The van der Waals surface area contributed by atoms with Crippen LogP contribution >= 0.6 is 12.2 Å². The Kier molecular flexibility index (Phi) is 7.51. The molecule has 2 aromatic carbocycles. The molecule has 1 aromatic heterocycles. The number of carbonyl (C=O) groups excluding carboxylic acids is 1. The van der Waals surface area contributed by atoms with Crippen molar-refractivity contribution in [3.8, 4) is 17.2 Å². The number of amides is 1. The molecule has 1 aliphatic heterocycles. The van der Waals surface area contributed by atoms with Gasteiger partial charge in [0, 0.05) is 25.6 Å². The van der Waals surface area contributed by atoms with Crippen molar-refractivity contribution in [2.75, 3.05) is 26.7 Å². The summed E-state index contributed by atoms with van der Waals surface area (Å²) in [6, 6.07) is 14.1. The van der Waals surface area contributed by atoms with Gasteiger partial charge in [0.1, 0.15) is 11.6 Å². The minimum Gasteiger partial charge on any atom is -0.496 e. The molecule has 1 saturated heterocycles. The SMILES string of the molecule is COc1ccccc1-c1nn(CN2CCC(C(=O)NCCc3ccccc3F)CC2)c(=S)o1. The number of nitrogens with one attached hydrogen (secondary N) is 1. The van der Waals surface area contributed by atoms with Gasteiger partial charge in [0.05, 0.1) is 19.3 Å². The summed E-state index contributed by atoms with van der Waals surface area (Å²) in [4.78, 5) is 15.0. The molecule has 0 atom stereocenters. The topological polar surface area (TPSA) is 72.5 Å². The van der Waals surface area contributed by atoms with E-state index in [2.05, 4.69) is 15.3 Å². The number of aromatic nitrogens is 2. The first-order valence-electron chi connectivity index (χ1n) is 11.0. The number of nitrogens with zero attached hydrogens (tertiary/aromatic N) is 3. The van der Waals surface area contributed by atoms with Crippen LogP contribution in [0.3, 0.4) is 0 Å². The quantitative estimate of drug-likeness (QED) is 0.501. The molecule has 7 nitrogen and oxygen atoms in total. The van der Waals surface area contributed by atoms with Gasteiger partial charge in [0.2, 0.25) is 5.91 Å². The Balaban J connectivity index is 1.27. The minimum atomic E-state index is -0.236. The second kappa shape index (κ2) is 10.7. The molecule has 0 aliphatic carbocycles. The van der Waals surface area contributed by atoms with Gasteiger partial charge >= 0.3 is 0 Å². The van der Waals surface area contributed by atoms with E-state index in [-0.39, 0.29) is 17.6 Å². The van der Waals surface area contributed by atoms with Crippen LogP contribution < -0.4 is 10.1 Å². The lowest BCUT2D eigenvalue weighted by Crippen LogP contribution is -2.41. The molecular formula is C24H27FN4O3S. The van der Waals surface area contributed by atoms with E-state index in [1.165, 1.54) is 6.07 Å². The molecule has 0 bridgehead atoms. The number of ether oxygens (including phenoxy) is 1. The molecule has 0 radical (unpaired) electrons. The lowest BCUT2D eigenvalue weighted by atomic mass is 9.96. The van der Waals surface area contributed by atoms with Gasteiger partial charge in [-0.1, -0.05) is 30.3 Å². The zero-order chi connectivity index (χ0) is 23.2. The zero-order valence-corrected chi connectivity index (χ0v) is 19.3. The Labute approximate surface area is 197 Å². The highest BCUT2D eigenvalue weighted by Crippen LogP contribution is 2.28. The number of benzene rings is 2. The summed E-state index contributed by atoms with van der Waals surface area (Å²) >= 11 is 5.36. The van der Waals surface area contributed by atoms with Crippen molar-refractivity contribution in [2.45, 2.75) is 25.9 Å². The van der Waals surface area contributed by atoms with Crippen LogP contribution in [0.1, 0.15) is 18.4 Å². The average molecular weight is 471 g/mol. The maximum absolute atomic E-state index is 13.7. The highest BCUT2D eigenvalue weighted by Gasteiger charge is 2.25. The third-order valence-corrected chi connectivity index (χ3v) is 6.18. The van der Waals surface area contributed by atoms with Crippen LogP contribution in [-0.4, -0.2) is 47.3 Å². The maximum atomic E-state index is 13.7. The third kappa shape index (κ3) is 5.66. The van der Waals surface area contributed by atoms with Crippen molar-refractivity contribution in [3.05, 3.63) is 64.7 Å². The summed E-state index contributed by atoms with van der Waals surface area (Å²) in [5, 5.41) is 7.48. The fraction of sp³-hybridized carbons (Fsp3) is 0.375. The monoisotopic (exact) mass is 470 g/mol. The Morgan fingerprint density at radius 2 is 1.94 bits per heavy atom. The molecule has 1 amide bonds. The lowest BCUT2D eigenvalue weighted by molar-refractivity contribution is -0.126. The van der Waals surface area contributed by atoms with Gasteiger partial charge in [-0.3, -0.25) is 9.69 Å². The first-order chi connectivity index (χ1) is 16.0. The highest BCUT2D eigenvalue weighted by atomic mass is 32.1. The van der Waals surface area contributed by atoms with Crippen LogP contribution in [0.5, 0.6) is 5.75 Å². The van der Waals surface area contributed by atoms with Crippen molar-refractivity contribution in [1.29, 1.82) is 0 Å². The predicted molar refractivity (Wildman–Crippen MR) is 125 cm³/mol. The van der Waals surface area contributed by atoms with Gasteiger partial charge in [-0.25, -0.2) is 9.07 Å². The molecular weight excluding hydrogens is 443 g/mol. The Bertz CT molecular complexity index is 1150. The van der Waals surface area contributed by atoms with E-state index in [4.69, 9.17) is 21.4 Å². The number of carbonyl (C=O) groups is 1. The van der Waals surface area contributed by atoms with Crippen molar-refractivity contribution < 1.29 is 18.3 Å². The molecule has 3 aromatic rings. The number of para-hydroxylation sites is 1. The highest BCUT2D eigenvalue weighted by molar-refractivity contribution is 7.71. The summed E-state index contributed by atoms with van der Waals surface area (Å²) in [5.74, 6) is 0.837. The van der Waals surface area contributed by atoms with Crippen LogP contribution in [0.15, 0.2) is 52.9 Å². The van der Waals surface area contributed by atoms with Gasteiger partial charge in [-0.2, -0.15) is 0 Å².